The molecule has 0 saturated heterocycles. The summed E-state index contributed by atoms with van der Waals surface area (Å²) in [5, 5.41) is 9.13. The molecule has 3 nitrogen and oxygen atoms in total. The van der Waals surface area contributed by atoms with Crippen LogP contribution in [-0.4, -0.2) is 22.8 Å². The van der Waals surface area contributed by atoms with Gasteiger partial charge in [-0.25, -0.2) is 0 Å². The molecule has 2 atom stereocenters. The van der Waals surface area contributed by atoms with Crippen LogP contribution in [0.4, 0.5) is 0 Å². The molecule has 0 bridgehead atoms. The Morgan fingerprint density at radius 3 is 2.64 bits per heavy atom. The van der Waals surface area contributed by atoms with Gasteiger partial charge in [-0.3, -0.25) is 9.59 Å². The van der Waals surface area contributed by atoms with Gasteiger partial charge in [0.2, 0.25) is 0 Å². The van der Waals surface area contributed by atoms with Crippen LogP contribution in [0.15, 0.2) is 0 Å². The minimum absolute atomic E-state index is 0.00366. The lowest BCUT2D eigenvalue weighted by Gasteiger charge is -2.22. The first-order valence-corrected chi connectivity index (χ1v) is 3.80. The van der Waals surface area contributed by atoms with Gasteiger partial charge in [0, 0.05) is 18.8 Å². The van der Waals surface area contributed by atoms with Gasteiger partial charge < -0.3 is 5.11 Å². The summed E-state index contributed by atoms with van der Waals surface area (Å²) in [5.74, 6) is -0.215. The Labute approximate surface area is 65.4 Å². The van der Waals surface area contributed by atoms with Gasteiger partial charge in [0.05, 0.1) is 6.10 Å². The lowest BCUT2D eigenvalue weighted by molar-refractivity contribution is -0.132. The minimum Gasteiger partial charge on any atom is -0.393 e. The molecule has 1 aliphatic carbocycles. The van der Waals surface area contributed by atoms with E-state index in [1.807, 2.05) is 0 Å². The van der Waals surface area contributed by atoms with E-state index < -0.39 is 6.10 Å². The van der Waals surface area contributed by atoms with Crippen molar-refractivity contribution in [1.82, 2.24) is 0 Å². The van der Waals surface area contributed by atoms with E-state index in [1.54, 1.807) is 0 Å². The first-order valence-electron chi connectivity index (χ1n) is 3.80. The normalized spacial score (nSPS) is 32.0. The molecule has 0 amide bonds. The van der Waals surface area contributed by atoms with Crippen molar-refractivity contribution in [3.8, 4) is 0 Å². The van der Waals surface area contributed by atoms with Crippen LogP contribution in [0, 0.1) is 5.92 Å². The molecule has 0 spiro atoms. The summed E-state index contributed by atoms with van der Waals surface area (Å²) in [5.41, 5.74) is 0. The predicted octanol–water partition coefficient (Wildman–Crippen LogP) is 0.305. The van der Waals surface area contributed by atoms with Gasteiger partial charge >= 0.3 is 0 Å². The van der Waals surface area contributed by atoms with Crippen LogP contribution in [0.2, 0.25) is 0 Å². The van der Waals surface area contributed by atoms with Crippen LogP contribution in [-0.2, 0) is 9.59 Å². The molecular formula is C8H12O3. The van der Waals surface area contributed by atoms with Gasteiger partial charge in [-0.1, -0.05) is 0 Å². The molecule has 0 aromatic carbocycles. The van der Waals surface area contributed by atoms with Crippen molar-refractivity contribution < 1.29 is 14.7 Å². The second kappa shape index (κ2) is 3.13. The summed E-state index contributed by atoms with van der Waals surface area (Å²) in [6.45, 7) is 1.47. The molecule has 11 heavy (non-hydrogen) atoms. The fraction of sp³-hybridized carbons (Fsp3) is 0.750. The molecule has 1 rings (SSSR count). The summed E-state index contributed by atoms with van der Waals surface area (Å²) in [6.07, 6.45) is 0.419. The summed E-state index contributed by atoms with van der Waals surface area (Å²) in [6, 6.07) is 0. The van der Waals surface area contributed by atoms with E-state index in [4.69, 9.17) is 5.11 Å². The highest BCUT2D eigenvalue weighted by Gasteiger charge is 2.28. The Kier molecular flexibility index (Phi) is 2.39. The van der Waals surface area contributed by atoms with Crippen molar-refractivity contribution in [1.29, 1.82) is 0 Å². The molecule has 2 unspecified atom stereocenters. The van der Waals surface area contributed by atoms with Crippen LogP contribution in [0.5, 0.6) is 0 Å². The van der Waals surface area contributed by atoms with Gasteiger partial charge in [0.1, 0.15) is 11.6 Å². The second-order valence-electron chi connectivity index (χ2n) is 3.14. The number of carbonyl (C=O) groups is 2. The number of carbonyl (C=O) groups excluding carboxylic acids is 2. The largest absolute Gasteiger partial charge is 0.393 e. The van der Waals surface area contributed by atoms with Gasteiger partial charge in [-0.15, -0.1) is 0 Å². The third-order valence-electron chi connectivity index (χ3n) is 2.07. The number of rotatable bonds is 1. The Morgan fingerprint density at radius 1 is 1.55 bits per heavy atom. The molecule has 3 heteroatoms. The van der Waals surface area contributed by atoms with E-state index in [0.29, 0.717) is 12.8 Å². The van der Waals surface area contributed by atoms with Gasteiger partial charge in [-0.05, 0) is 13.3 Å². The number of Topliss-reactive ketones (excluding diaryl/α,β-unsaturated/α-hetero) is 2. The predicted molar refractivity (Wildman–Crippen MR) is 39.0 cm³/mol. The van der Waals surface area contributed by atoms with E-state index in [1.165, 1.54) is 6.92 Å². The van der Waals surface area contributed by atoms with E-state index in [-0.39, 0.29) is 23.9 Å². The molecule has 1 N–H and O–H groups in total. The molecule has 1 fully saturated rings. The Morgan fingerprint density at radius 2 is 2.18 bits per heavy atom. The number of hydrogen-bond acceptors (Lipinski definition) is 3. The Balaban J connectivity index is 2.56. The quantitative estimate of drug-likeness (QED) is 0.594. The number of aliphatic hydroxyl groups is 1. The van der Waals surface area contributed by atoms with E-state index in [9.17, 15) is 9.59 Å². The monoisotopic (exact) mass is 156 g/mol. The lowest BCUT2D eigenvalue weighted by Crippen LogP contribution is -2.29. The van der Waals surface area contributed by atoms with Crippen molar-refractivity contribution in [3.63, 3.8) is 0 Å². The molecule has 62 valence electrons. The van der Waals surface area contributed by atoms with Crippen LogP contribution in [0.1, 0.15) is 26.2 Å². The first-order chi connectivity index (χ1) is 5.09. The van der Waals surface area contributed by atoms with E-state index in [2.05, 4.69) is 0 Å². The Hall–Kier alpha value is -0.700. The molecule has 0 aliphatic heterocycles. The summed E-state index contributed by atoms with van der Waals surface area (Å²) >= 11 is 0. The topological polar surface area (TPSA) is 54.4 Å². The maximum Gasteiger partial charge on any atom is 0.136 e. The Bertz CT molecular complexity index is 186. The van der Waals surface area contributed by atoms with Crippen molar-refractivity contribution >= 4 is 11.6 Å². The molecule has 0 aromatic heterocycles. The summed E-state index contributed by atoms with van der Waals surface area (Å²) in [7, 11) is 0. The van der Waals surface area contributed by atoms with Crippen molar-refractivity contribution in [3.05, 3.63) is 0 Å². The number of aliphatic hydroxyl groups excluding tert-OH is 1. The maximum atomic E-state index is 10.9. The average Bonchev–Trinajstić information content (AvgIpc) is 1.85. The summed E-state index contributed by atoms with van der Waals surface area (Å²) < 4.78 is 0. The molecule has 1 saturated carbocycles. The fourth-order valence-electron chi connectivity index (χ4n) is 1.43. The van der Waals surface area contributed by atoms with E-state index in [0.717, 1.165) is 0 Å². The third-order valence-corrected chi connectivity index (χ3v) is 2.07. The maximum absolute atomic E-state index is 10.9. The first kappa shape index (κ1) is 8.40. The fourth-order valence-corrected chi connectivity index (χ4v) is 1.43. The van der Waals surface area contributed by atoms with Crippen LogP contribution >= 0.6 is 0 Å². The minimum atomic E-state index is -0.592. The van der Waals surface area contributed by atoms with Gasteiger partial charge in [0.15, 0.2) is 0 Å². The van der Waals surface area contributed by atoms with E-state index >= 15 is 0 Å². The standard InChI is InChI=1S/C8H12O3/c1-5(9)6-2-7(10)4-8(11)3-6/h6-7,10H,2-4H2,1H3. The second-order valence-corrected chi connectivity index (χ2v) is 3.14. The molecule has 0 radical (unpaired) electrons. The smallest absolute Gasteiger partial charge is 0.136 e. The molecule has 0 aromatic rings. The zero-order valence-electron chi connectivity index (χ0n) is 6.54. The lowest BCUT2D eigenvalue weighted by atomic mass is 9.84. The summed E-state index contributed by atoms with van der Waals surface area (Å²) in [4.78, 5) is 21.7. The molecule has 1 aliphatic rings. The van der Waals surface area contributed by atoms with Crippen LogP contribution in [0.3, 0.4) is 0 Å². The van der Waals surface area contributed by atoms with Gasteiger partial charge in [-0.2, -0.15) is 0 Å². The van der Waals surface area contributed by atoms with Crippen molar-refractivity contribution in [2.45, 2.75) is 32.3 Å². The van der Waals surface area contributed by atoms with Crippen LogP contribution < -0.4 is 0 Å². The zero-order chi connectivity index (χ0) is 8.43. The van der Waals surface area contributed by atoms with Gasteiger partial charge in [0.25, 0.3) is 0 Å². The number of hydrogen-bond donors (Lipinski definition) is 1. The highest BCUT2D eigenvalue weighted by atomic mass is 16.3. The average molecular weight is 156 g/mol. The molecule has 0 heterocycles. The van der Waals surface area contributed by atoms with Crippen molar-refractivity contribution in [2.24, 2.45) is 5.92 Å². The van der Waals surface area contributed by atoms with Crippen LogP contribution in [0.25, 0.3) is 0 Å². The third kappa shape index (κ3) is 2.12. The highest BCUT2D eigenvalue weighted by molar-refractivity contribution is 5.88. The van der Waals surface area contributed by atoms with Crippen molar-refractivity contribution in [2.75, 3.05) is 0 Å². The SMILES string of the molecule is CC(=O)C1CC(=O)CC(O)C1. The molecular weight excluding hydrogens is 144 g/mol. The number of ketones is 2. The zero-order valence-corrected chi connectivity index (χ0v) is 6.54. The highest BCUT2D eigenvalue weighted by Crippen LogP contribution is 2.22.